The van der Waals surface area contributed by atoms with E-state index in [9.17, 15) is 0 Å². The zero-order valence-corrected chi connectivity index (χ0v) is 21.4. The van der Waals surface area contributed by atoms with Crippen molar-refractivity contribution in [2.24, 2.45) is 0 Å². The summed E-state index contributed by atoms with van der Waals surface area (Å²) < 4.78 is 11.4. The molecule has 0 aromatic heterocycles. The summed E-state index contributed by atoms with van der Waals surface area (Å²) in [6.07, 6.45) is 18.0. The van der Waals surface area contributed by atoms with E-state index in [0.717, 1.165) is 12.8 Å². The average molecular weight is 566 g/mol. The third-order valence-corrected chi connectivity index (χ3v) is 6.35. The van der Waals surface area contributed by atoms with Crippen molar-refractivity contribution in [3.05, 3.63) is 0 Å². The SMILES string of the molecule is CCCCCCCCCOP(=S)(S)OCCCCCCCCC.[W]. The molecule has 0 saturated heterocycles. The normalized spacial score (nSPS) is 11.5. The third kappa shape index (κ3) is 21.7. The first-order chi connectivity index (χ1) is 11.1. The van der Waals surface area contributed by atoms with Crippen LogP contribution < -0.4 is 0 Å². The molecule has 0 radical (unpaired) electrons. The Bertz CT molecular complexity index is 270. The van der Waals surface area contributed by atoms with Gasteiger partial charge in [0.2, 0.25) is 5.69 Å². The van der Waals surface area contributed by atoms with Gasteiger partial charge in [0.05, 0.1) is 13.2 Å². The predicted octanol–water partition coefficient (Wildman–Crippen LogP) is 7.67. The number of thiol groups is 1. The number of unbranched alkanes of at least 4 members (excludes halogenated alkanes) is 12. The van der Waals surface area contributed by atoms with Crippen molar-refractivity contribution < 1.29 is 30.1 Å². The molecule has 0 unspecified atom stereocenters. The van der Waals surface area contributed by atoms with Crippen molar-refractivity contribution in [1.82, 2.24) is 0 Å². The van der Waals surface area contributed by atoms with Crippen molar-refractivity contribution in [2.45, 2.75) is 104 Å². The van der Waals surface area contributed by atoms with Crippen LogP contribution in [-0.4, -0.2) is 13.2 Å². The Morgan fingerprint density at radius 3 is 1.25 bits per heavy atom. The maximum absolute atomic E-state index is 5.68. The van der Waals surface area contributed by atoms with Crippen LogP contribution in [0.5, 0.6) is 0 Å². The fraction of sp³-hybridized carbons (Fsp3) is 1.00. The summed E-state index contributed by atoms with van der Waals surface area (Å²) >= 11 is 9.76. The van der Waals surface area contributed by atoms with Crippen LogP contribution in [0.25, 0.3) is 0 Å². The van der Waals surface area contributed by atoms with Crippen LogP contribution in [0.3, 0.4) is 0 Å². The number of rotatable bonds is 18. The first kappa shape index (κ1) is 27.8. The summed E-state index contributed by atoms with van der Waals surface area (Å²) in [6.45, 7) is 5.90. The largest absolute Gasteiger partial charge is 0.322 e. The fourth-order valence-corrected chi connectivity index (χ4v) is 4.25. The first-order valence-electron chi connectivity index (χ1n) is 9.74. The molecule has 0 atom stereocenters. The minimum absolute atomic E-state index is 0. The van der Waals surface area contributed by atoms with Gasteiger partial charge in [-0.1, -0.05) is 103 Å². The summed E-state index contributed by atoms with van der Waals surface area (Å²) in [7, 11) is 0. The molecule has 0 fully saturated rings. The molecule has 2 nitrogen and oxygen atoms in total. The second-order valence-electron chi connectivity index (χ2n) is 6.38. The van der Waals surface area contributed by atoms with Gasteiger partial charge in [-0.15, -0.1) is 0 Å². The minimum Gasteiger partial charge on any atom is -0.322 e. The molecule has 0 amide bonds. The molecule has 0 aliphatic rings. The molecule has 0 aliphatic heterocycles. The molecule has 24 heavy (non-hydrogen) atoms. The van der Waals surface area contributed by atoms with E-state index in [-0.39, 0.29) is 21.1 Å². The molecule has 6 heteroatoms. The van der Waals surface area contributed by atoms with Gasteiger partial charge in [-0.2, -0.15) is 0 Å². The van der Waals surface area contributed by atoms with Crippen LogP contribution in [-0.2, 0) is 41.9 Å². The van der Waals surface area contributed by atoms with Gasteiger partial charge in [0.1, 0.15) is 0 Å². The molecule has 0 aliphatic carbocycles. The van der Waals surface area contributed by atoms with Gasteiger partial charge >= 0.3 is 0 Å². The van der Waals surface area contributed by atoms with Gasteiger partial charge in [-0.3, -0.25) is 0 Å². The molecule has 0 saturated carbocycles. The molecule has 0 bridgehead atoms. The quantitative estimate of drug-likeness (QED) is 0.104. The van der Waals surface area contributed by atoms with Crippen LogP contribution in [0.4, 0.5) is 0 Å². The Morgan fingerprint density at radius 2 is 0.917 bits per heavy atom. The average Bonchev–Trinajstić information content (AvgIpc) is 2.52. The molecule has 0 heterocycles. The standard InChI is InChI=1S/C18H39O2PS2.W/c1-3-5-7-9-11-13-15-17-19-21(22,23)20-18-16-14-12-10-8-6-4-2;/h3-18H2,1-2H3,(H,22,23);. The number of hydrogen-bond donors (Lipinski definition) is 1. The van der Waals surface area contributed by atoms with Gasteiger partial charge in [0.25, 0.3) is 0 Å². The van der Waals surface area contributed by atoms with Crippen LogP contribution >= 0.6 is 17.9 Å². The van der Waals surface area contributed by atoms with Gasteiger partial charge in [0.15, 0.2) is 0 Å². The fourth-order valence-electron chi connectivity index (χ4n) is 2.52. The van der Waals surface area contributed by atoms with E-state index in [1.165, 1.54) is 77.0 Å². The van der Waals surface area contributed by atoms with E-state index < -0.39 is 5.69 Å². The summed E-state index contributed by atoms with van der Waals surface area (Å²) in [5, 5.41) is 0. The summed E-state index contributed by atoms with van der Waals surface area (Å²) in [5.41, 5.74) is -2.30. The van der Waals surface area contributed by atoms with E-state index in [0.29, 0.717) is 13.2 Å². The van der Waals surface area contributed by atoms with E-state index >= 15 is 0 Å². The smallest absolute Gasteiger partial charge is 0.244 e. The molecule has 0 aromatic rings. The van der Waals surface area contributed by atoms with Crippen molar-refractivity contribution in [3.63, 3.8) is 0 Å². The van der Waals surface area contributed by atoms with Crippen molar-refractivity contribution >= 4 is 29.7 Å². The van der Waals surface area contributed by atoms with E-state index in [1.54, 1.807) is 0 Å². The Labute approximate surface area is 176 Å². The van der Waals surface area contributed by atoms with Gasteiger partial charge in [-0.05, 0) is 24.6 Å². The molecule has 0 rings (SSSR count). The molecular formula is C18H39O2PS2W. The van der Waals surface area contributed by atoms with Crippen molar-refractivity contribution in [3.8, 4) is 0 Å². The maximum Gasteiger partial charge on any atom is 0.244 e. The summed E-state index contributed by atoms with van der Waals surface area (Å²) in [4.78, 5) is 0. The van der Waals surface area contributed by atoms with Crippen molar-refractivity contribution in [2.75, 3.05) is 13.2 Å². The Balaban J connectivity index is 0. The zero-order chi connectivity index (χ0) is 17.2. The first-order valence-corrected chi connectivity index (χ1v) is 13.5. The molecule has 0 N–H and O–H groups in total. The van der Waals surface area contributed by atoms with Crippen molar-refractivity contribution in [1.29, 1.82) is 0 Å². The van der Waals surface area contributed by atoms with Crippen LogP contribution in [0, 0.1) is 0 Å². The number of hydrogen-bond acceptors (Lipinski definition) is 3. The Hall–Kier alpha value is 1.61. The van der Waals surface area contributed by atoms with Gasteiger partial charge in [-0.25, -0.2) is 0 Å². The third-order valence-electron chi connectivity index (χ3n) is 4.00. The molecule has 0 spiro atoms. The monoisotopic (exact) mass is 566 g/mol. The van der Waals surface area contributed by atoms with E-state index in [4.69, 9.17) is 20.9 Å². The van der Waals surface area contributed by atoms with Crippen LogP contribution in [0.2, 0.25) is 0 Å². The van der Waals surface area contributed by atoms with Gasteiger partial charge < -0.3 is 9.05 Å². The topological polar surface area (TPSA) is 18.5 Å². The summed E-state index contributed by atoms with van der Waals surface area (Å²) in [5.74, 6) is 0. The van der Waals surface area contributed by atoms with Gasteiger partial charge in [0, 0.05) is 21.1 Å². The minimum atomic E-state index is -2.30. The van der Waals surface area contributed by atoms with E-state index in [1.807, 2.05) is 0 Å². The second-order valence-corrected chi connectivity index (χ2v) is 11.7. The van der Waals surface area contributed by atoms with Crippen LogP contribution in [0.1, 0.15) is 104 Å². The van der Waals surface area contributed by atoms with E-state index in [2.05, 4.69) is 26.1 Å². The second kappa shape index (κ2) is 20.9. The summed E-state index contributed by atoms with van der Waals surface area (Å²) in [6, 6.07) is 0. The Morgan fingerprint density at radius 1 is 0.625 bits per heavy atom. The molecule has 146 valence electrons. The molecule has 0 aromatic carbocycles. The predicted molar refractivity (Wildman–Crippen MR) is 111 cm³/mol. The van der Waals surface area contributed by atoms with Crippen LogP contribution in [0.15, 0.2) is 0 Å². The zero-order valence-electron chi connectivity index (χ0n) is 15.8. The Kier molecular flexibility index (Phi) is 24.2. The maximum atomic E-state index is 5.68. The molecular weight excluding hydrogens is 527 g/mol.